The third kappa shape index (κ3) is 8.25. The maximum atomic E-state index is 13.8. The first-order chi connectivity index (χ1) is 19.8. The van der Waals surface area contributed by atoms with Crippen molar-refractivity contribution in [1.82, 2.24) is 9.88 Å². The number of hydrogen-bond acceptors (Lipinski definition) is 5. The molecule has 0 aliphatic rings. The van der Waals surface area contributed by atoms with Gasteiger partial charge in [-0.05, 0) is 66.8 Å². The summed E-state index contributed by atoms with van der Waals surface area (Å²) in [6.45, 7) is 1.07. The van der Waals surface area contributed by atoms with Gasteiger partial charge in [-0.15, -0.1) is 0 Å². The number of carbonyl (C=O) groups is 2. The minimum Gasteiger partial charge on any atom is -0.508 e. The van der Waals surface area contributed by atoms with Gasteiger partial charge in [-0.3, -0.25) is 14.6 Å². The van der Waals surface area contributed by atoms with Crippen LogP contribution in [0.5, 0.6) is 11.5 Å². The molecule has 4 aromatic rings. The van der Waals surface area contributed by atoms with Gasteiger partial charge in [-0.25, -0.2) is 0 Å². The van der Waals surface area contributed by atoms with Gasteiger partial charge in [-0.2, -0.15) is 0 Å². The SMILES string of the molecule is NC(=O)[C@H](CCCN=C(N)N)N(CCc1ccc(O)cc1)C(=O)c1cc2cc(OCCc3ccccc3)ccc2[nH]1. The number of hydrogen-bond donors (Lipinski definition) is 5. The van der Waals surface area contributed by atoms with E-state index >= 15 is 0 Å². The summed E-state index contributed by atoms with van der Waals surface area (Å²) in [5.41, 5.74) is 19.8. The zero-order valence-electron chi connectivity index (χ0n) is 22.8. The fourth-order valence-corrected chi connectivity index (χ4v) is 4.66. The molecule has 0 unspecified atom stereocenters. The molecular weight excluding hydrogens is 520 g/mol. The number of aliphatic imine (C=N–C) groups is 1. The highest BCUT2D eigenvalue weighted by molar-refractivity contribution is 6.00. The molecule has 0 fully saturated rings. The van der Waals surface area contributed by atoms with E-state index < -0.39 is 11.9 Å². The fourth-order valence-electron chi connectivity index (χ4n) is 4.66. The third-order valence-electron chi connectivity index (χ3n) is 6.80. The predicted octanol–water partition coefficient (Wildman–Crippen LogP) is 3.09. The van der Waals surface area contributed by atoms with Crippen LogP contribution < -0.4 is 21.9 Å². The smallest absolute Gasteiger partial charge is 0.270 e. The van der Waals surface area contributed by atoms with Crippen molar-refractivity contribution in [1.29, 1.82) is 0 Å². The molecule has 1 heterocycles. The van der Waals surface area contributed by atoms with E-state index in [1.54, 1.807) is 30.3 Å². The number of aromatic hydroxyl groups is 1. The highest BCUT2D eigenvalue weighted by Gasteiger charge is 2.29. The molecule has 0 bridgehead atoms. The quantitative estimate of drug-likeness (QED) is 0.0906. The zero-order valence-corrected chi connectivity index (χ0v) is 22.8. The number of nitrogens with two attached hydrogens (primary N) is 3. The lowest BCUT2D eigenvalue weighted by atomic mass is 10.1. The second kappa shape index (κ2) is 13.9. The van der Waals surface area contributed by atoms with Gasteiger partial charge in [0.15, 0.2) is 5.96 Å². The molecule has 0 spiro atoms. The Morgan fingerprint density at radius 3 is 2.37 bits per heavy atom. The average Bonchev–Trinajstić information content (AvgIpc) is 3.39. The number of phenolic OH excluding ortho intramolecular Hbond substituents is 1. The van der Waals surface area contributed by atoms with Gasteiger partial charge in [0.1, 0.15) is 23.2 Å². The number of guanidine groups is 1. The predicted molar refractivity (Wildman–Crippen MR) is 160 cm³/mol. The van der Waals surface area contributed by atoms with E-state index in [9.17, 15) is 14.7 Å². The Bertz CT molecular complexity index is 1480. The normalized spacial score (nSPS) is 11.6. The van der Waals surface area contributed by atoms with Crippen molar-refractivity contribution >= 4 is 28.7 Å². The van der Waals surface area contributed by atoms with E-state index in [0.29, 0.717) is 43.9 Å². The Morgan fingerprint density at radius 2 is 1.66 bits per heavy atom. The van der Waals surface area contributed by atoms with Crippen LogP contribution in [0.2, 0.25) is 0 Å². The molecule has 41 heavy (non-hydrogen) atoms. The molecule has 1 atom stereocenters. The van der Waals surface area contributed by atoms with Crippen molar-refractivity contribution < 1.29 is 19.4 Å². The van der Waals surface area contributed by atoms with Gasteiger partial charge in [0.2, 0.25) is 5.91 Å². The number of aromatic nitrogens is 1. The Morgan fingerprint density at radius 1 is 0.927 bits per heavy atom. The summed E-state index contributed by atoms with van der Waals surface area (Å²) in [6.07, 6.45) is 2.00. The highest BCUT2D eigenvalue weighted by Crippen LogP contribution is 2.24. The van der Waals surface area contributed by atoms with E-state index in [-0.39, 0.29) is 24.2 Å². The van der Waals surface area contributed by atoms with E-state index in [2.05, 4.69) is 22.1 Å². The van der Waals surface area contributed by atoms with Crippen LogP contribution in [0.4, 0.5) is 0 Å². The Kier molecular flexibility index (Phi) is 9.82. The first kappa shape index (κ1) is 29.0. The molecule has 0 aliphatic carbocycles. The van der Waals surface area contributed by atoms with Crippen LogP contribution in [0.25, 0.3) is 10.9 Å². The summed E-state index contributed by atoms with van der Waals surface area (Å²) >= 11 is 0. The maximum Gasteiger partial charge on any atom is 0.270 e. The lowest BCUT2D eigenvalue weighted by molar-refractivity contribution is -0.122. The van der Waals surface area contributed by atoms with E-state index in [1.165, 1.54) is 10.5 Å². The number of nitrogens with zero attached hydrogens (tertiary/aromatic N) is 2. The van der Waals surface area contributed by atoms with Gasteiger partial charge in [0.05, 0.1) is 6.61 Å². The number of rotatable bonds is 14. The number of H-pyrrole nitrogens is 1. The minimum atomic E-state index is -0.864. The lowest BCUT2D eigenvalue weighted by Gasteiger charge is -2.29. The molecule has 2 amide bonds. The van der Waals surface area contributed by atoms with Crippen LogP contribution in [0.15, 0.2) is 83.9 Å². The van der Waals surface area contributed by atoms with Crippen molar-refractivity contribution in [2.24, 2.45) is 22.2 Å². The van der Waals surface area contributed by atoms with E-state index in [4.69, 9.17) is 21.9 Å². The van der Waals surface area contributed by atoms with Gasteiger partial charge in [0, 0.05) is 30.4 Å². The van der Waals surface area contributed by atoms with Gasteiger partial charge >= 0.3 is 0 Å². The molecule has 10 nitrogen and oxygen atoms in total. The number of carbonyl (C=O) groups excluding carboxylic acids is 2. The summed E-state index contributed by atoms with van der Waals surface area (Å²) in [6, 6.07) is 23.3. The van der Waals surface area contributed by atoms with Crippen LogP contribution >= 0.6 is 0 Å². The Balaban J connectivity index is 1.52. The molecule has 4 rings (SSSR count). The number of primary amides is 1. The summed E-state index contributed by atoms with van der Waals surface area (Å²) in [5.74, 6) is -0.151. The summed E-state index contributed by atoms with van der Waals surface area (Å²) in [7, 11) is 0. The third-order valence-corrected chi connectivity index (χ3v) is 6.80. The number of aromatic amines is 1. The lowest BCUT2D eigenvalue weighted by Crippen LogP contribution is -2.49. The number of nitrogens with one attached hydrogen (secondary N) is 1. The topological polar surface area (TPSA) is 173 Å². The maximum absolute atomic E-state index is 13.8. The fraction of sp³-hybridized carbons (Fsp3) is 0.258. The molecular formula is C31H36N6O4. The minimum absolute atomic E-state index is 0.0395. The largest absolute Gasteiger partial charge is 0.508 e. The summed E-state index contributed by atoms with van der Waals surface area (Å²) in [4.78, 5) is 35.0. The number of phenols is 1. The first-order valence-corrected chi connectivity index (χ1v) is 13.5. The average molecular weight is 557 g/mol. The molecule has 0 aliphatic heterocycles. The van der Waals surface area contributed by atoms with Crippen molar-refractivity contribution in [3.05, 3.63) is 95.7 Å². The Labute approximate surface area is 238 Å². The monoisotopic (exact) mass is 556 g/mol. The number of benzene rings is 3. The van der Waals surface area contributed by atoms with Gasteiger partial charge in [-0.1, -0.05) is 42.5 Å². The van der Waals surface area contributed by atoms with Crippen molar-refractivity contribution in [3.63, 3.8) is 0 Å². The van der Waals surface area contributed by atoms with Crippen molar-refractivity contribution in [3.8, 4) is 11.5 Å². The molecule has 0 radical (unpaired) electrons. The molecule has 0 saturated heterocycles. The van der Waals surface area contributed by atoms with Crippen molar-refractivity contribution in [2.75, 3.05) is 19.7 Å². The highest BCUT2D eigenvalue weighted by atomic mass is 16.5. The molecule has 214 valence electrons. The number of ether oxygens (including phenoxy) is 1. The van der Waals surface area contributed by atoms with Gasteiger partial charge in [0.25, 0.3) is 5.91 Å². The molecule has 3 aromatic carbocycles. The van der Waals surface area contributed by atoms with Crippen molar-refractivity contribution in [2.45, 2.75) is 31.7 Å². The molecule has 0 saturated carbocycles. The standard InChI is InChI=1S/C31H36N6O4/c32-29(39)28(7-4-16-35-31(33)34)37(17-14-22-8-10-24(38)11-9-22)30(40)27-20-23-19-25(12-13-26(23)36-27)41-18-15-21-5-2-1-3-6-21/h1-3,5-6,8-13,19-20,28,36,38H,4,7,14-18H2,(H2,32,39)(H4,33,34,35)/t28-/m0/s1. The molecule has 10 heteroatoms. The van der Waals surface area contributed by atoms with Crippen LogP contribution in [0.1, 0.15) is 34.5 Å². The Hall–Kier alpha value is -4.99. The van der Waals surface area contributed by atoms with Crippen LogP contribution in [-0.2, 0) is 17.6 Å². The number of fused-ring (bicyclic) bond motifs is 1. The van der Waals surface area contributed by atoms with E-state index in [0.717, 1.165) is 22.9 Å². The summed E-state index contributed by atoms with van der Waals surface area (Å²) < 4.78 is 5.96. The zero-order chi connectivity index (χ0) is 29.2. The second-order valence-electron chi connectivity index (χ2n) is 9.80. The summed E-state index contributed by atoms with van der Waals surface area (Å²) in [5, 5.41) is 10.4. The van der Waals surface area contributed by atoms with Crippen LogP contribution in [0, 0.1) is 0 Å². The number of amides is 2. The first-order valence-electron chi connectivity index (χ1n) is 13.5. The van der Waals surface area contributed by atoms with Crippen LogP contribution in [-0.4, -0.2) is 58.5 Å². The molecule has 8 N–H and O–H groups in total. The van der Waals surface area contributed by atoms with E-state index in [1.807, 2.05) is 36.4 Å². The van der Waals surface area contributed by atoms with Crippen LogP contribution in [0.3, 0.4) is 0 Å². The van der Waals surface area contributed by atoms with Gasteiger partial charge < -0.3 is 36.9 Å². The molecule has 1 aromatic heterocycles. The second-order valence-corrected chi connectivity index (χ2v) is 9.80.